The number of rotatable bonds is 4. The second kappa shape index (κ2) is 7.09. The summed E-state index contributed by atoms with van der Waals surface area (Å²) in [6, 6.07) is 18.8. The van der Waals surface area contributed by atoms with E-state index in [9.17, 15) is 9.90 Å². The molecule has 132 valence electrons. The molecular weight excluding hydrogens is 342 g/mol. The minimum Gasteiger partial charge on any atom is -0.492 e. The third-order valence-electron chi connectivity index (χ3n) is 3.97. The number of carbonyl (C=O) groups excluding carboxylic acids is 1. The molecule has 4 aromatic rings. The van der Waals surface area contributed by atoms with Crippen LogP contribution >= 0.6 is 0 Å². The van der Waals surface area contributed by atoms with Gasteiger partial charge in [0.25, 0.3) is 11.9 Å². The lowest BCUT2D eigenvalue weighted by Gasteiger charge is -2.08. The van der Waals surface area contributed by atoms with Crippen molar-refractivity contribution in [1.29, 1.82) is 0 Å². The van der Waals surface area contributed by atoms with Crippen molar-refractivity contribution in [3.05, 3.63) is 84.8 Å². The van der Waals surface area contributed by atoms with Gasteiger partial charge in [0.15, 0.2) is 0 Å². The predicted molar refractivity (Wildman–Crippen MR) is 101 cm³/mol. The Labute approximate surface area is 155 Å². The van der Waals surface area contributed by atoms with Crippen LogP contribution in [0.1, 0.15) is 10.4 Å². The van der Waals surface area contributed by atoms with Gasteiger partial charge in [-0.2, -0.15) is 10.1 Å². The highest BCUT2D eigenvalue weighted by Crippen LogP contribution is 2.22. The number of hydrogen-bond donors (Lipinski definition) is 2. The molecule has 2 N–H and O–H groups in total. The van der Waals surface area contributed by atoms with Crippen LogP contribution in [0.15, 0.2) is 79.3 Å². The van der Waals surface area contributed by atoms with Crippen LogP contribution in [-0.2, 0) is 0 Å². The van der Waals surface area contributed by atoms with Crippen LogP contribution in [-0.4, -0.2) is 30.8 Å². The number of amides is 1. The van der Waals surface area contributed by atoms with Gasteiger partial charge in [0.2, 0.25) is 5.88 Å². The Hall–Kier alpha value is -4.00. The Morgan fingerprint density at radius 2 is 1.70 bits per heavy atom. The molecule has 27 heavy (non-hydrogen) atoms. The maximum absolute atomic E-state index is 12.4. The topological polar surface area (TPSA) is 92.9 Å². The lowest BCUT2D eigenvalue weighted by atomic mass is 10.0. The zero-order valence-corrected chi connectivity index (χ0v) is 14.1. The number of hydrogen-bond acceptors (Lipinski definition) is 5. The Morgan fingerprint density at radius 3 is 2.37 bits per heavy atom. The maximum Gasteiger partial charge on any atom is 0.255 e. The summed E-state index contributed by atoms with van der Waals surface area (Å²) in [5, 5.41) is 16.7. The Kier molecular flexibility index (Phi) is 4.32. The highest BCUT2D eigenvalue weighted by Gasteiger charge is 2.12. The van der Waals surface area contributed by atoms with Gasteiger partial charge in [-0.3, -0.25) is 4.79 Å². The zero-order chi connectivity index (χ0) is 18.6. The number of anilines is 1. The van der Waals surface area contributed by atoms with E-state index in [1.165, 1.54) is 10.9 Å². The van der Waals surface area contributed by atoms with Crippen molar-refractivity contribution in [2.45, 2.75) is 0 Å². The van der Waals surface area contributed by atoms with Crippen LogP contribution < -0.4 is 5.32 Å². The quantitative estimate of drug-likeness (QED) is 0.585. The minimum absolute atomic E-state index is 0.128. The first kappa shape index (κ1) is 16.5. The Bertz CT molecular complexity index is 1060. The summed E-state index contributed by atoms with van der Waals surface area (Å²) in [5.41, 5.74) is 2.68. The summed E-state index contributed by atoms with van der Waals surface area (Å²) in [6.07, 6.45) is 4.58. The number of carbonyl (C=O) groups is 1. The molecule has 0 bridgehead atoms. The van der Waals surface area contributed by atoms with Crippen molar-refractivity contribution in [2.24, 2.45) is 0 Å². The first-order chi connectivity index (χ1) is 13.2. The minimum atomic E-state index is -0.361. The molecule has 0 aliphatic carbocycles. The van der Waals surface area contributed by atoms with Gasteiger partial charge in [-0.15, -0.1) is 0 Å². The molecule has 2 heterocycles. The second-order valence-corrected chi connectivity index (χ2v) is 5.76. The van der Waals surface area contributed by atoms with Crippen LogP contribution in [0.4, 0.5) is 5.69 Å². The SMILES string of the molecule is O=C(Nc1cnc(-n2cccn2)nc1O)c1ccc(-c2ccccc2)cc1. The van der Waals surface area contributed by atoms with Crippen molar-refractivity contribution >= 4 is 11.6 Å². The molecule has 0 radical (unpaired) electrons. The van der Waals surface area contributed by atoms with Crippen LogP contribution in [0.25, 0.3) is 17.1 Å². The lowest BCUT2D eigenvalue weighted by Crippen LogP contribution is -2.13. The number of nitrogens with zero attached hydrogens (tertiary/aromatic N) is 4. The van der Waals surface area contributed by atoms with E-state index in [0.717, 1.165) is 11.1 Å². The maximum atomic E-state index is 12.4. The van der Waals surface area contributed by atoms with Gasteiger partial charge in [-0.1, -0.05) is 42.5 Å². The summed E-state index contributed by atoms with van der Waals surface area (Å²) in [4.78, 5) is 20.5. The molecule has 4 rings (SSSR count). The molecule has 7 heteroatoms. The van der Waals surface area contributed by atoms with E-state index in [-0.39, 0.29) is 23.4 Å². The third kappa shape index (κ3) is 3.52. The molecule has 0 fully saturated rings. The van der Waals surface area contributed by atoms with E-state index in [1.54, 1.807) is 30.6 Å². The fourth-order valence-corrected chi connectivity index (χ4v) is 2.59. The van der Waals surface area contributed by atoms with Gasteiger partial charge >= 0.3 is 0 Å². The summed E-state index contributed by atoms with van der Waals surface area (Å²) < 4.78 is 1.41. The highest BCUT2D eigenvalue weighted by molar-refractivity contribution is 6.05. The average molecular weight is 357 g/mol. The zero-order valence-electron chi connectivity index (χ0n) is 14.1. The van der Waals surface area contributed by atoms with E-state index >= 15 is 0 Å². The monoisotopic (exact) mass is 357 g/mol. The number of nitrogens with one attached hydrogen (secondary N) is 1. The van der Waals surface area contributed by atoms with Crippen LogP contribution in [0, 0.1) is 0 Å². The molecule has 0 spiro atoms. The average Bonchev–Trinajstić information content (AvgIpc) is 3.25. The molecule has 1 amide bonds. The second-order valence-electron chi connectivity index (χ2n) is 5.76. The molecule has 0 unspecified atom stereocenters. The van der Waals surface area contributed by atoms with E-state index in [0.29, 0.717) is 5.56 Å². The van der Waals surface area contributed by atoms with Gasteiger partial charge in [0.05, 0.1) is 6.20 Å². The lowest BCUT2D eigenvalue weighted by molar-refractivity contribution is 0.102. The summed E-state index contributed by atoms with van der Waals surface area (Å²) in [7, 11) is 0. The number of benzene rings is 2. The van der Waals surface area contributed by atoms with E-state index < -0.39 is 0 Å². The highest BCUT2D eigenvalue weighted by atomic mass is 16.3. The predicted octanol–water partition coefficient (Wildman–Crippen LogP) is 3.29. The van der Waals surface area contributed by atoms with E-state index in [1.807, 2.05) is 42.5 Å². The van der Waals surface area contributed by atoms with Gasteiger partial charge in [0.1, 0.15) is 5.69 Å². The van der Waals surface area contributed by atoms with Gasteiger partial charge in [-0.25, -0.2) is 9.67 Å². The van der Waals surface area contributed by atoms with Crippen LogP contribution in [0.5, 0.6) is 5.88 Å². The Morgan fingerprint density at radius 1 is 0.963 bits per heavy atom. The van der Waals surface area contributed by atoms with Crippen LogP contribution in [0.2, 0.25) is 0 Å². The fraction of sp³-hybridized carbons (Fsp3) is 0. The van der Waals surface area contributed by atoms with E-state index in [2.05, 4.69) is 20.4 Å². The normalized spacial score (nSPS) is 10.5. The van der Waals surface area contributed by atoms with Crippen molar-refractivity contribution in [3.8, 4) is 23.0 Å². The number of aromatic nitrogens is 4. The van der Waals surface area contributed by atoms with Crippen molar-refractivity contribution in [3.63, 3.8) is 0 Å². The van der Waals surface area contributed by atoms with Gasteiger partial charge in [-0.05, 0) is 29.3 Å². The molecule has 0 aliphatic rings. The molecule has 0 atom stereocenters. The third-order valence-corrected chi connectivity index (χ3v) is 3.97. The first-order valence-corrected chi connectivity index (χ1v) is 8.23. The standard InChI is InChI=1S/C20H15N5O2/c26-18(16-9-7-15(8-10-16)14-5-2-1-3-6-14)23-17-13-21-20(24-19(17)27)25-12-4-11-22-25/h1-13H,(H,23,26)(H,21,24,27). The molecule has 2 aromatic heterocycles. The summed E-state index contributed by atoms with van der Waals surface area (Å²) >= 11 is 0. The molecular formula is C20H15N5O2. The molecule has 2 aromatic carbocycles. The van der Waals surface area contributed by atoms with E-state index in [4.69, 9.17) is 0 Å². The first-order valence-electron chi connectivity index (χ1n) is 8.23. The fourth-order valence-electron chi connectivity index (χ4n) is 2.59. The summed E-state index contributed by atoms with van der Waals surface area (Å²) in [5.74, 6) is -0.479. The van der Waals surface area contributed by atoms with Crippen molar-refractivity contribution in [2.75, 3.05) is 5.32 Å². The van der Waals surface area contributed by atoms with Gasteiger partial charge < -0.3 is 10.4 Å². The number of aromatic hydroxyl groups is 1. The summed E-state index contributed by atoms with van der Waals surface area (Å²) in [6.45, 7) is 0. The Balaban J connectivity index is 1.51. The molecule has 7 nitrogen and oxygen atoms in total. The van der Waals surface area contributed by atoms with Crippen molar-refractivity contribution < 1.29 is 9.90 Å². The molecule has 0 aliphatic heterocycles. The van der Waals surface area contributed by atoms with Crippen molar-refractivity contribution in [1.82, 2.24) is 19.7 Å². The smallest absolute Gasteiger partial charge is 0.255 e. The van der Waals surface area contributed by atoms with Crippen LogP contribution in [0.3, 0.4) is 0 Å². The molecule has 0 saturated heterocycles. The largest absolute Gasteiger partial charge is 0.492 e. The van der Waals surface area contributed by atoms with Gasteiger partial charge in [0, 0.05) is 18.0 Å². The molecule has 0 saturated carbocycles.